The molecule has 1 heterocycles. The molecule has 4 nitrogen and oxygen atoms in total. The number of nitriles is 2. The summed E-state index contributed by atoms with van der Waals surface area (Å²) in [4.78, 5) is 2.84. The third-order valence-corrected chi connectivity index (χ3v) is 3.27. The Morgan fingerprint density at radius 2 is 2.00 bits per heavy atom. The second-order valence-corrected chi connectivity index (χ2v) is 6.33. The molecule has 0 spiro atoms. The first kappa shape index (κ1) is 14.9. The van der Waals surface area contributed by atoms with E-state index in [4.69, 9.17) is 27.5 Å². The Balaban J connectivity index is 3.19. The zero-order chi connectivity index (χ0) is 13.7. The molecule has 0 aliphatic carbocycles. The van der Waals surface area contributed by atoms with Gasteiger partial charge in [0, 0.05) is 9.62 Å². The lowest BCUT2D eigenvalue weighted by molar-refractivity contribution is 0.310. The summed E-state index contributed by atoms with van der Waals surface area (Å²) in [7, 11) is 0. The number of hydrogen-bond acceptors (Lipinski definition) is 4. The summed E-state index contributed by atoms with van der Waals surface area (Å²) in [5.41, 5.74) is 1.20. The molecule has 0 fully saturated rings. The van der Waals surface area contributed by atoms with E-state index in [0.717, 1.165) is 6.42 Å². The molecule has 1 aromatic rings. The minimum Gasteiger partial charge on any atom is -0.491 e. The van der Waals surface area contributed by atoms with Gasteiger partial charge in [0.1, 0.15) is 27.9 Å². The molecule has 0 radical (unpaired) electrons. The Hall–Kier alpha value is -1.12. The van der Waals surface area contributed by atoms with E-state index in [-0.39, 0.29) is 5.56 Å². The van der Waals surface area contributed by atoms with E-state index in [2.05, 4.69) is 34.5 Å². The van der Waals surface area contributed by atoms with Crippen molar-refractivity contribution in [1.82, 2.24) is 4.98 Å². The largest absolute Gasteiger partial charge is 0.491 e. The van der Waals surface area contributed by atoms with Gasteiger partial charge in [0.05, 0.1) is 6.61 Å². The second kappa shape index (κ2) is 6.72. The molecule has 18 heavy (non-hydrogen) atoms. The molecule has 6 heteroatoms. The average molecular weight is 373 g/mol. The zero-order valence-corrected chi connectivity index (χ0v) is 13.1. The van der Waals surface area contributed by atoms with Gasteiger partial charge in [-0.15, -0.1) is 0 Å². The summed E-state index contributed by atoms with van der Waals surface area (Å²) >= 11 is 7.36. The lowest BCUT2D eigenvalue weighted by Crippen LogP contribution is -2.07. The Labute approximate surface area is 125 Å². The van der Waals surface area contributed by atoms with Crippen molar-refractivity contribution < 1.29 is 4.74 Å². The van der Waals surface area contributed by atoms with Gasteiger partial charge in [-0.3, -0.25) is 0 Å². The van der Waals surface area contributed by atoms with E-state index in [1.165, 1.54) is 0 Å². The number of aryl methyl sites for hydroxylation is 1. The van der Waals surface area contributed by atoms with Crippen LogP contribution < -0.4 is 4.74 Å². The number of nitrogens with zero attached hydrogens (tertiary/aromatic N) is 2. The monoisotopic (exact) mass is 373 g/mol. The molecule has 0 unspecified atom stereocenters. The number of aromatic amines is 1. The van der Waals surface area contributed by atoms with E-state index < -0.39 is 0 Å². The highest BCUT2D eigenvalue weighted by molar-refractivity contribution is 14.1. The van der Waals surface area contributed by atoms with Crippen LogP contribution in [0, 0.1) is 34.2 Å². The van der Waals surface area contributed by atoms with Crippen LogP contribution in [0.1, 0.15) is 30.2 Å². The van der Waals surface area contributed by atoms with Crippen LogP contribution in [0.3, 0.4) is 0 Å². The number of alkyl halides is 1. The zero-order valence-electron chi connectivity index (χ0n) is 10.1. The Bertz CT molecular complexity index is 581. The molecular formula is C12H12IN3OS. The highest BCUT2D eigenvalue weighted by Gasteiger charge is 2.15. The molecule has 0 aliphatic rings. The van der Waals surface area contributed by atoms with Gasteiger partial charge < -0.3 is 9.72 Å². The van der Waals surface area contributed by atoms with Gasteiger partial charge in [-0.2, -0.15) is 10.5 Å². The normalized spacial score (nSPS) is 11.4. The Morgan fingerprint density at radius 3 is 2.50 bits per heavy atom. The maximum Gasteiger partial charge on any atom is 0.159 e. The first-order chi connectivity index (χ1) is 8.51. The number of nitrogens with one attached hydrogen (secondary N) is 1. The van der Waals surface area contributed by atoms with Crippen molar-refractivity contribution in [2.75, 3.05) is 6.61 Å². The van der Waals surface area contributed by atoms with Gasteiger partial charge >= 0.3 is 0 Å². The van der Waals surface area contributed by atoms with Crippen molar-refractivity contribution in [2.45, 2.75) is 24.2 Å². The topological polar surface area (TPSA) is 72.6 Å². The highest BCUT2D eigenvalue weighted by Crippen LogP contribution is 2.26. The molecule has 1 aromatic heterocycles. The molecular weight excluding hydrogens is 361 g/mol. The third-order valence-electron chi connectivity index (χ3n) is 2.34. The minimum absolute atomic E-state index is 0.230. The molecule has 0 amide bonds. The predicted molar refractivity (Wildman–Crippen MR) is 79.4 cm³/mol. The van der Waals surface area contributed by atoms with Crippen LogP contribution in [0.25, 0.3) is 0 Å². The number of hydrogen-bond donors (Lipinski definition) is 1. The number of rotatable bonds is 4. The maximum absolute atomic E-state index is 9.12. The smallest absolute Gasteiger partial charge is 0.159 e. The van der Waals surface area contributed by atoms with E-state index in [0.29, 0.717) is 32.2 Å². The van der Waals surface area contributed by atoms with Crippen LogP contribution in [0.2, 0.25) is 0 Å². The van der Waals surface area contributed by atoms with Crippen molar-refractivity contribution in [2.24, 2.45) is 0 Å². The number of ether oxygens (including phenoxy) is 1. The molecule has 0 aliphatic heterocycles. The fourth-order valence-corrected chi connectivity index (χ4v) is 1.94. The Kier molecular flexibility index (Phi) is 5.57. The van der Waals surface area contributed by atoms with Gasteiger partial charge in [0.15, 0.2) is 5.75 Å². The van der Waals surface area contributed by atoms with Crippen molar-refractivity contribution in [3.8, 4) is 17.9 Å². The van der Waals surface area contributed by atoms with Crippen LogP contribution in [0.4, 0.5) is 0 Å². The fourth-order valence-electron chi connectivity index (χ4n) is 1.40. The summed E-state index contributed by atoms with van der Waals surface area (Å²) in [6.45, 7) is 4.28. The number of aromatic nitrogens is 1. The molecule has 0 saturated carbocycles. The SMILES string of the molecule is Cc1[nH]c(=S)c(C#N)c(OCC[C@H](C)I)c1C#N. The van der Waals surface area contributed by atoms with Gasteiger partial charge in [0.25, 0.3) is 0 Å². The molecule has 94 valence electrons. The summed E-state index contributed by atoms with van der Waals surface area (Å²) in [6.07, 6.45) is 0.848. The van der Waals surface area contributed by atoms with Gasteiger partial charge in [-0.25, -0.2) is 0 Å². The molecule has 0 bridgehead atoms. The van der Waals surface area contributed by atoms with Crippen LogP contribution in [0.15, 0.2) is 0 Å². The maximum atomic E-state index is 9.12. The molecule has 1 rings (SSSR count). The second-order valence-electron chi connectivity index (χ2n) is 3.80. The van der Waals surface area contributed by atoms with E-state index in [9.17, 15) is 0 Å². The third kappa shape index (κ3) is 3.44. The average Bonchev–Trinajstić information content (AvgIpc) is 2.28. The van der Waals surface area contributed by atoms with Gasteiger partial charge in [-0.1, -0.05) is 41.7 Å². The van der Waals surface area contributed by atoms with Crippen molar-refractivity contribution in [3.05, 3.63) is 21.5 Å². The first-order valence-corrected chi connectivity index (χ1v) is 7.00. The first-order valence-electron chi connectivity index (χ1n) is 5.35. The summed E-state index contributed by atoms with van der Waals surface area (Å²) < 4.78 is 6.37. The van der Waals surface area contributed by atoms with Gasteiger partial charge in [0.2, 0.25) is 0 Å². The lowest BCUT2D eigenvalue weighted by Gasteiger charge is -2.12. The minimum atomic E-state index is 0.230. The van der Waals surface area contributed by atoms with Crippen molar-refractivity contribution >= 4 is 34.8 Å². The number of pyridine rings is 1. The summed E-state index contributed by atoms with van der Waals surface area (Å²) in [5, 5.41) is 18.2. The van der Waals surface area contributed by atoms with E-state index >= 15 is 0 Å². The van der Waals surface area contributed by atoms with Crippen molar-refractivity contribution in [1.29, 1.82) is 10.5 Å². The predicted octanol–water partition coefficient (Wildman–Crippen LogP) is 3.39. The molecule has 0 saturated heterocycles. The molecule has 1 atom stereocenters. The van der Waals surface area contributed by atoms with Crippen LogP contribution in [-0.4, -0.2) is 15.5 Å². The summed E-state index contributed by atoms with van der Waals surface area (Å²) in [6, 6.07) is 4.04. The van der Waals surface area contributed by atoms with Gasteiger partial charge in [-0.05, 0) is 13.3 Å². The van der Waals surface area contributed by atoms with E-state index in [1.54, 1.807) is 6.92 Å². The standard InChI is InChI=1S/C12H12IN3OS/c1-7(13)3-4-17-11-9(5-14)8(2)16-12(18)10(11)6-15/h7H,3-4H2,1-2H3,(H,16,18)/t7-/m0/s1. The summed E-state index contributed by atoms with van der Waals surface area (Å²) in [5.74, 6) is 0.304. The molecule has 0 aromatic carbocycles. The van der Waals surface area contributed by atoms with Crippen LogP contribution in [0.5, 0.6) is 5.75 Å². The highest BCUT2D eigenvalue weighted by atomic mass is 127. The van der Waals surface area contributed by atoms with Crippen LogP contribution >= 0.6 is 34.8 Å². The molecule has 1 N–H and O–H groups in total. The number of H-pyrrole nitrogens is 1. The van der Waals surface area contributed by atoms with Crippen LogP contribution in [-0.2, 0) is 0 Å². The van der Waals surface area contributed by atoms with Crippen molar-refractivity contribution in [3.63, 3.8) is 0 Å². The Morgan fingerprint density at radius 1 is 1.39 bits per heavy atom. The van der Waals surface area contributed by atoms with E-state index in [1.807, 2.05) is 12.1 Å². The number of halogens is 1. The fraction of sp³-hybridized carbons (Fsp3) is 0.417. The lowest BCUT2D eigenvalue weighted by atomic mass is 10.1. The quantitative estimate of drug-likeness (QED) is 0.499.